The van der Waals surface area contributed by atoms with E-state index in [0.717, 1.165) is 18.4 Å². The maximum absolute atomic E-state index is 9.96. The number of hydrogen-bond acceptors (Lipinski definition) is 5. The first-order chi connectivity index (χ1) is 9.78. The van der Waals surface area contributed by atoms with Crippen LogP contribution < -0.4 is 4.74 Å². The Morgan fingerprint density at radius 3 is 2.95 bits per heavy atom. The zero-order valence-corrected chi connectivity index (χ0v) is 11.5. The molecule has 1 aliphatic rings. The summed E-state index contributed by atoms with van der Waals surface area (Å²) >= 11 is 0. The summed E-state index contributed by atoms with van der Waals surface area (Å²) in [7, 11) is 0. The van der Waals surface area contributed by atoms with Crippen LogP contribution in [0.25, 0.3) is 0 Å². The molecule has 1 atom stereocenters. The van der Waals surface area contributed by atoms with Gasteiger partial charge in [0, 0.05) is 11.5 Å². The highest BCUT2D eigenvalue weighted by Gasteiger charge is 2.29. The Bertz CT molecular complexity index is 578. The minimum atomic E-state index is -0.515. The van der Waals surface area contributed by atoms with Crippen LogP contribution in [0.1, 0.15) is 55.5 Å². The van der Waals surface area contributed by atoms with E-state index < -0.39 is 6.10 Å². The zero-order valence-electron chi connectivity index (χ0n) is 11.5. The Balaban J connectivity index is 1.67. The van der Waals surface area contributed by atoms with Crippen molar-refractivity contribution < 1.29 is 14.4 Å². The second kappa shape index (κ2) is 5.63. The summed E-state index contributed by atoms with van der Waals surface area (Å²) in [6.45, 7) is 2.19. The van der Waals surface area contributed by atoms with Crippen LogP contribution >= 0.6 is 0 Å². The van der Waals surface area contributed by atoms with Crippen LogP contribution in [0.15, 0.2) is 28.8 Å². The lowest BCUT2D eigenvalue weighted by Gasteiger charge is -2.13. The highest BCUT2D eigenvalue weighted by Crippen LogP contribution is 2.38. The normalized spacial score (nSPS) is 16.1. The molecule has 1 saturated carbocycles. The molecular formula is C15H18N2O3. The molecule has 0 amide bonds. The van der Waals surface area contributed by atoms with Gasteiger partial charge in [-0.2, -0.15) is 4.98 Å². The molecule has 5 nitrogen and oxygen atoms in total. The molecule has 20 heavy (non-hydrogen) atoms. The van der Waals surface area contributed by atoms with Crippen molar-refractivity contribution in [3.63, 3.8) is 0 Å². The largest absolute Gasteiger partial charge is 0.485 e. The van der Waals surface area contributed by atoms with E-state index >= 15 is 0 Å². The molecule has 1 heterocycles. The molecule has 1 aromatic carbocycles. The van der Waals surface area contributed by atoms with Crippen molar-refractivity contribution in [3.8, 4) is 5.75 Å². The number of ether oxygens (including phenoxy) is 1. The van der Waals surface area contributed by atoms with E-state index in [4.69, 9.17) is 9.26 Å². The number of hydrogen-bond donors (Lipinski definition) is 1. The SMILES string of the molecule is CC[C@H](O)c1ccccc1OCc1noc(C2CC2)n1. The molecular weight excluding hydrogens is 256 g/mol. The fourth-order valence-corrected chi connectivity index (χ4v) is 2.07. The summed E-state index contributed by atoms with van der Waals surface area (Å²) in [5, 5.41) is 13.9. The van der Waals surface area contributed by atoms with Crippen molar-refractivity contribution >= 4 is 0 Å². The van der Waals surface area contributed by atoms with E-state index in [0.29, 0.717) is 29.8 Å². The van der Waals surface area contributed by atoms with Crippen LogP contribution in [0.4, 0.5) is 0 Å². The van der Waals surface area contributed by atoms with E-state index in [-0.39, 0.29) is 6.61 Å². The summed E-state index contributed by atoms with van der Waals surface area (Å²) in [6.07, 6.45) is 2.40. The maximum Gasteiger partial charge on any atom is 0.229 e. The van der Waals surface area contributed by atoms with Gasteiger partial charge >= 0.3 is 0 Å². The molecule has 1 N–H and O–H groups in total. The second-order valence-corrected chi connectivity index (χ2v) is 5.07. The Kier molecular flexibility index (Phi) is 3.69. The van der Waals surface area contributed by atoms with Crippen LogP contribution in [-0.4, -0.2) is 15.2 Å². The third-order valence-corrected chi connectivity index (χ3v) is 3.43. The van der Waals surface area contributed by atoms with Gasteiger partial charge in [0.05, 0.1) is 6.10 Å². The van der Waals surface area contributed by atoms with Gasteiger partial charge < -0.3 is 14.4 Å². The van der Waals surface area contributed by atoms with E-state index in [2.05, 4.69) is 10.1 Å². The molecule has 2 aromatic rings. The molecule has 1 fully saturated rings. The van der Waals surface area contributed by atoms with Crippen molar-refractivity contribution in [2.24, 2.45) is 0 Å². The minimum Gasteiger partial charge on any atom is -0.485 e. The third-order valence-electron chi connectivity index (χ3n) is 3.43. The van der Waals surface area contributed by atoms with Gasteiger partial charge in [-0.3, -0.25) is 0 Å². The predicted molar refractivity (Wildman–Crippen MR) is 72.3 cm³/mol. The Morgan fingerprint density at radius 1 is 1.40 bits per heavy atom. The van der Waals surface area contributed by atoms with Gasteiger partial charge in [0.15, 0.2) is 6.61 Å². The van der Waals surface area contributed by atoms with Gasteiger partial charge in [0.1, 0.15) is 5.75 Å². The second-order valence-electron chi connectivity index (χ2n) is 5.07. The zero-order chi connectivity index (χ0) is 13.9. The number of para-hydroxylation sites is 1. The summed E-state index contributed by atoms with van der Waals surface area (Å²) in [5.74, 6) is 2.38. The molecule has 0 radical (unpaired) electrons. The van der Waals surface area contributed by atoms with Gasteiger partial charge in [-0.15, -0.1) is 0 Å². The standard InChI is InChI=1S/C15H18N2O3/c1-2-12(18)11-5-3-4-6-13(11)19-9-14-16-15(20-17-14)10-7-8-10/h3-6,10,12,18H,2,7-9H2,1H3/t12-/m0/s1. The number of aromatic nitrogens is 2. The average Bonchev–Trinajstić information content (AvgIpc) is 3.24. The smallest absolute Gasteiger partial charge is 0.229 e. The minimum absolute atomic E-state index is 0.254. The van der Waals surface area contributed by atoms with Crippen molar-refractivity contribution in [3.05, 3.63) is 41.5 Å². The van der Waals surface area contributed by atoms with E-state index in [1.807, 2.05) is 31.2 Å². The Labute approximate surface area is 117 Å². The first-order valence-corrected chi connectivity index (χ1v) is 7.00. The Hall–Kier alpha value is -1.88. The third kappa shape index (κ3) is 2.82. The summed E-state index contributed by atoms with van der Waals surface area (Å²) in [6, 6.07) is 7.49. The highest BCUT2D eigenvalue weighted by molar-refractivity contribution is 5.35. The number of benzene rings is 1. The van der Waals surface area contributed by atoms with Crippen molar-refractivity contribution in [1.82, 2.24) is 10.1 Å². The molecule has 1 aromatic heterocycles. The summed E-state index contributed by atoms with van der Waals surface area (Å²) in [4.78, 5) is 4.32. The van der Waals surface area contributed by atoms with Crippen LogP contribution in [0.2, 0.25) is 0 Å². The molecule has 1 aliphatic carbocycles. The first kappa shape index (κ1) is 13.1. The fourth-order valence-electron chi connectivity index (χ4n) is 2.07. The molecule has 3 rings (SSSR count). The molecule has 0 aliphatic heterocycles. The highest BCUT2D eigenvalue weighted by atomic mass is 16.5. The topological polar surface area (TPSA) is 68.4 Å². The van der Waals surface area contributed by atoms with E-state index in [9.17, 15) is 5.11 Å². The van der Waals surface area contributed by atoms with Gasteiger partial charge in [-0.25, -0.2) is 0 Å². The average molecular weight is 274 g/mol. The molecule has 0 saturated heterocycles. The van der Waals surface area contributed by atoms with Crippen molar-refractivity contribution in [1.29, 1.82) is 0 Å². The number of nitrogens with zero attached hydrogens (tertiary/aromatic N) is 2. The van der Waals surface area contributed by atoms with Crippen molar-refractivity contribution in [2.75, 3.05) is 0 Å². The predicted octanol–water partition coefficient (Wildman–Crippen LogP) is 2.97. The van der Waals surface area contributed by atoms with Gasteiger partial charge in [0.2, 0.25) is 11.7 Å². The first-order valence-electron chi connectivity index (χ1n) is 7.00. The lowest BCUT2D eigenvalue weighted by atomic mass is 10.1. The maximum atomic E-state index is 9.96. The van der Waals surface area contributed by atoms with Crippen LogP contribution in [0.5, 0.6) is 5.75 Å². The van der Waals surface area contributed by atoms with Crippen LogP contribution in [0.3, 0.4) is 0 Å². The lowest BCUT2D eigenvalue weighted by Crippen LogP contribution is -2.03. The molecule has 0 unspecified atom stereocenters. The molecule has 0 spiro atoms. The summed E-state index contributed by atoms with van der Waals surface area (Å²) in [5.41, 5.74) is 0.793. The number of aliphatic hydroxyl groups is 1. The summed E-state index contributed by atoms with van der Waals surface area (Å²) < 4.78 is 10.9. The van der Waals surface area contributed by atoms with Crippen molar-refractivity contribution in [2.45, 2.75) is 44.8 Å². The van der Waals surface area contributed by atoms with E-state index in [1.54, 1.807) is 0 Å². The van der Waals surface area contributed by atoms with E-state index in [1.165, 1.54) is 0 Å². The molecule has 106 valence electrons. The number of rotatable bonds is 6. The number of aliphatic hydroxyl groups excluding tert-OH is 1. The Morgan fingerprint density at radius 2 is 2.20 bits per heavy atom. The monoisotopic (exact) mass is 274 g/mol. The quantitative estimate of drug-likeness (QED) is 0.877. The molecule has 5 heteroatoms. The van der Waals surface area contributed by atoms with Gasteiger partial charge in [-0.05, 0) is 25.3 Å². The van der Waals surface area contributed by atoms with Crippen LogP contribution in [0, 0.1) is 0 Å². The van der Waals surface area contributed by atoms with Crippen LogP contribution in [-0.2, 0) is 6.61 Å². The fraction of sp³-hybridized carbons (Fsp3) is 0.467. The molecule has 0 bridgehead atoms. The van der Waals surface area contributed by atoms with Gasteiger partial charge in [0.25, 0.3) is 0 Å². The van der Waals surface area contributed by atoms with Gasteiger partial charge in [-0.1, -0.05) is 30.3 Å². The lowest BCUT2D eigenvalue weighted by molar-refractivity contribution is 0.165.